The van der Waals surface area contributed by atoms with Crippen LogP contribution in [0, 0.1) is 5.92 Å². The van der Waals surface area contributed by atoms with Gasteiger partial charge in [-0.2, -0.15) is 0 Å². The summed E-state index contributed by atoms with van der Waals surface area (Å²) in [6.07, 6.45) is 0.952. The first kappa shape index (κ1) is 26.7. The SMILES string of the molecule is COc1ccc([C@H]2C3=C(C[C@H](c4ccc(Cl)cc4)CC3=O)N=C(C)C2C(=O)OCCOc2ccccc2)cc1. The Kier molecular flexibility index (Phi) is 8.13. The predicted molar refractivity (Wildman–Crippen MR) is 151 cm³/mol. The van der Waals surface area contributed by atoms with Crippen LogP contribution in [0.3, 0.4) is 0 Å². The van der Waals surface area contributed by atoms with Crippen molar-refractivity contribution in [3.63, 3.8) is 0 Å². The number of Topliss-reactive ketones (excluding diaryl/α,β-unsaturated/α-hetero) is 1. The topological polar surface area (TPSA) is 74.2 Å². The highest BCUT2D eigenvalue weighted by atomic mass is 35.5. The molecule has 39 heavy (non-hydrogen) atoms. The fraction of sp³-hybridized carbons (Fsp3) is 0.281. The molecule has 5 rings (SSSR count). The Morgan fingerprint density at radius 1 is 0.897 bits per heavy atom. The molecule has 0 N–H and O–H groups in total. The van der Waals surface area contributed by atoms with Crippen LogP contribution in [-0.4, -0.2) is 37.8 Å². The molecule has 0 aromatic heterocycles. The van der Waals surface area contributed by atoms with E-state index in [0.29, 0.717) is 40.6 Å². The molecular weight excluding hydrogens is 514 g/mol. The highest BCUT2D eigenvalue weighted by molar-refractivity contribution is 6.30. The molecule has 0 saturated heterocycles. The molecule has 2 aliphatic rings. The van der Waals surface area contributed by atoms with Crippen LogP contribution in [0.15, 0.2) is 95.1 Å². The first-order chi connectivity index (χ1) is 18.9. The summed E-state index contributed by atoms with van der Waals surface area (Å²) in [4.78, 5) is 32.1. The number of nitrogens with zero attached hydrogens (tertiary/aromatic N) is 1. The van der Waals surface area contributed by atoms with E-state index in [0.717, 1.165) is 16.8 Å². The van der Waals surface area contributed by atoms with Gasteiger partial charge in [0.1, 0.15) is 30.6 Å². The average molecular weight is 544 g/mol. The van der Waals surface area contributed by atoms with Gasteiger partial charge in [-0.15, -0.1) is 0 Å². The van der Waals surface area contributed by atoms with Gasteiger partial charge >= 0.3 is 5.97 Å². The second-order valence-electron chi connectivity index (χ2n) is 9.75. The number of esters is 1. The maximum absolute atomic E-state index is 13.7. The van der Waals surface area contributed by atoms with Crippen LogP contribution >= 0.6 is 11.6 Å². The number of methoxy groups -OCH3 is 1. The van der Waals surface area contributed by atoms with E-state index < -0.39 is 17.8 Å². The van der Waals surface area contributed by atoms with E-state index in [9.17, 15) is 9.59 Å². The monoisotopic (exact) mass is 543 g/mol. The lowest BCUT2D eigenvalue weighted by atomic mass is 9.69. The summed E-state index contributed by atoms with van der Waals surface area (Å²) in [6.45, 7) is 2.15. The van der Waals surface area contributed by atoms with Crippen molar-refractivity contribution in [3.8, 4) is 11.5 Å². The van der Waals surface area contributed by atoms with Crippen molar-refractivity contribution in [2.24, 2.45) is 10.9 Å². The van der Waals surface area contributed by atoms with Crippen molar-refractivity contribution in [1.82, 2.24) is 0 Å². The van der Waals surface area contributed by atoms with Crippen LogP contribution in [0.4, 0.5) is 0 Å². The van der Waals surface area contributed by atoms with E-state index in [1.54, 1.807) is 7.11 Å². The molecule has 0 saturated carbocycles. The Morgan fingerprint density at radius 3 is 2.28 bits per heavy atom. The predicted octanol–water partition coefficient (Wildman–Crippen LogP) is 6.55. The fourth-order valence-corrected chi connectivity index (χ4v) is 5.54. The molecular formula is C32H30ClNO5. The number of allylic oxidation sites excluding steroid dienone is 2. The molecule has 3 aromatic carbocycles. The van der Waals surface area contributed by atoms with E-state index in [-0.39, 0.29) is 24.9 Å². The third kappa shape index (κ3) is 5.91. The molecule has 1 aliphatic carbocycles. The summed E-state index contributed by atoms with van der Waals surface area (Å²) in [7, 11) is 1.60. The third-order valence-corrected chi connectivity index (χ3v) is 7.55. The molecule has 200 valence electrons. The summed E-state index contributed by atoms with van der Waals surface area (Å²) in [5.41, 5.74) is 3.86. The number of ketones is 1. The number of carbonyl (C=O) groups is 2. The lowest BCUT2D eigenvalue weighted by molar-refractivity contribution is -0.147. The third-order valence-electron chi connectivity index (χ3n) is 7.30. The summed E-state index contributed by atoms with van der Waals surface area (Å²) >= 11 is 6.08. The second kappa shape index (κ2) is 11.9. The molecule has 0 spiro atoms. The number of rotatable bonds is 8. The summed E-state index contributed by atoms with van der Waals surface area (Å²) < 4.78 is 16.7. The molecule has 0 fully saturated rings. The molecule has 0 bridgehead atoms. The number of ether oxygens (including phenoxy) is 3. The van der Waals surface area contributed by atoms with Crippen LogP contribution in [0.5, 0.6) is 11.5 Å². The average Bonchev–Trinajstić information content (AvgIpc) is 2.95. The molecule has 1 unspecified atom stereocenters. The Hall–Kier alpha value is -3.90. The van der Waals surface area contributed by atoms with E-state index in [1.165, 1.54) is 0 Å². The maximum atomic E-state index is 13.7. The van der Waals surface area contributed by atoms with Gasteiger partial charge in [0.2, 0.25) is 0 Å². The Morgan fingerprint density at radius 2 is 1.59 bits per heavy atom. The van der Waals surface area contributed by atoms with E-state index in [4.69, 9.17) is 30.8 Å². The molecule has 0 radical (unpaired) electrons. The fourth-order valence-electron chi connectivity index (χ4n) is 5.42. The Labute approximate surface area is 233 Å². The standard InChI is InChI=1S/C32H30ClNO5/c1-20-29(32(36)39-17-16-38-26-6-4-3-5-7-26)30(22-10-14-25(37-2)15-11-22)31-27(34-20)18-23(19-28(31)35)21-8-12-24(33)13-9-21/h3-15,23,29-30H,16-19H2,1-2H3/t23-,29?,30+/m0/s1. The van der Waals surface area contributed by atoms with Gasteiger partial charge in [0, 0.05) is 34.3 Å². The van der Waals surface area contributed by atoms with E-state index in [2.05, 4.69) is 0 Å². The second-order valence-corrected chi connectivity index (χ2v) is 10.2. The lowest BCUT2D eigenvalue weighted by Gasteiger charge is -2.36. The number of para-hydroxylation sites is 1. The molecule has 7 heteroatoms. The van der Waals surface area contributed by atoms with Gasteiger partial charge in [-0.1, -0.05) is 54.1 Å². The lowest BCUT2D eigenvalue weighted by Crippen LogP contribution is -2.38. The number of hydrogen-bond acceptors (Lipinski definition) is 6. The van der Waals surface area contributed by atoms with Crippen LogP contribution in [0.25, 0.3) is 0 Å². The number of halogens is 1. The van der Waals surface area contributed by atoms with Crippen molar-refractivity contribution < 1.29 is 23.8 Å². The van der Waals surface area contributed by atoms with Gasteiger partial charge in [0.05, 0.1) is 7.11 Å². The quantitative estimate of drug-likeness (QED) is 0.238. The number of benzene rings is 3. The van der Waals surface area contributed by atoms with Gasteiger partial charge in [0.15, 0.2) is 5.78 Å². The van der Waals surface area contributed by atoms with Crippen molar-refractivity contribution in [2.45, 2.75) is 31.6 Å². The van der Waals surface area contributed by atoms with E-state index >= 15 is 0 Å². The van der Waals surface area contributed by atoms with Gasteiger partial charge < -0.3 is 14.2 Å². The van der Waals surface area contributed by atoms with Gasteiger partial charge in [0.25, 0.3) is 0 Å². The number of carbonyl (C=O) groups excluding carboxylic acids is 2. The normalized spacial score (nSPS) is 20.6. The minimum atomic E-state index is -0.718. The van der Waals surface area contributed by atoms with Crippen LogP contribution in [0.2, 0.25) is 5.02 Å². The van der Waals surface area contributed by atoms with Crippen molar-refractivity contribution in [2.75, 3.05) is 20.3 Å². The molecule has 1 heterocycles. The van der Waals surface area contributed by atoms with Crippen molar-refractivity contribution in [1.29, 1.82) is 0 Å². The first-order valence-electron chi connectivity index (χ1n) is 13.0. The maximum Gasteiger partial charge on any atom is 0.315 e. The molecule has 3 aromatic rings. The van der Waals surface area contributed by atoms with Crippen LogP contribution in [0.1, 0.15) is 42.7 Å². The minimum absolute atomic E-state index is 0.000205. The van der Waals surface area contributed by atoms with Crippen LogP contribution < -0.4 is 9.47 Å². The van der Waals surface area contributed by atoms with Gasteiger partial charge in [-0.25, -0.2) is 0 Å². The highest BCUT2D eigenvalue weighted by Crippen LogP contribution is 2.47. The van der Waals surface area contributed by atoms with E-state index in [1.807, 2.05) is 85.8 Å². The summed E-state index contributed by atoms with van der Waals surface area (Å²) in [6, 6.07) is 24.5. The number of aliphatic imine (C=N–C) groups is 1. The summed E-state index contributed by atoms with van der Waals surface area (Å²) in [5, 5.41) is 0.655. The molecule has 0 amide bonds. The van der Waals surface area contributed by atoms with Crippen LogP contribution in [-0.2, 0) is 14.3 Å². The van der Waals surface area contributed by atoms with Crippen molar-refractivity contribution >= 4 is 29.1 Å². The molecule has 1 aliphatic heterocycles. The Balaban J connectivity index is 1.41. The van der Waals surface area contributed by atoms with Gasteiger partial charge in [-0.3, -0.25) is 14.6 Å². The minimum Gasteiger partial charge on any atom is -0.497 e. The zero-order chi connectivity index (χ0) is 27.4. The van der Waals surface area contributed by atoms with Gasteiger partial charge in [-0.05, 0) is 66.8 Å². The highest BCUT2D eigenvalue weighted by Gasteiger charge is 2.44. The smallest absolute Gasteiger partial charge is 0.315 e. The number of hydrogen-bond donors (Lipinski definition) is 0. The molecule has 6 nitrogen and oxygen atoms in total. The summed E-state index contributed by atoms with van der Waals surface area (Å²) in [5.74, 6) is -0.233. The first-order valence-corrected chi connectivity index (χ1v) is 13.4. The zero-order valence-electron chi connectivity index (χ0n) is 21.9. The Bertz CT molecular complexity index is 1400. The molecule has 3 atom stereocenters. The largest absolute Gasteiger partial charge is 0.497 e. The van der Waals surface area contributed by atoms with Crippen molar-refractivity contribution in [3.05, 3.63) is 106 Å². The zero-order valence-corrected chi connectivity index (χ0v) is 22.7.